The third kappa shape index (κ3) is 1.10. The van der Waals surface area contributed by atoms with Crippen LogP contribution in [0.4, 0.5) is 0 Å². The van der Waals surface area contributed by atoms with Crippen LogP contribution in [0.5, 0.6) is 0 Å². The smallest absolute Gasteiger partial charge is 0.194 e. The average molecular weight is 132 g/mol. The van der Waals surface area contributed by atoms with Gasteiger partial charge in [-0.25, -0.2) is 0 Å². The van der Waals surface area contributed by atoms with Crippen LogP contribution in [-0.4, -0.2) is 41.4 Å². The number of rotatable bonds is 1. The maximum atomic E-state index is 10.6. The minimum atomic E-state index is -1.03. The van der Waals surface area contributed by atoms with Gasteiger partial charge in [0.15, 0.2) is 5.78 Å². The predicted molar refractivity (Wildman–Crippen MR) is 27.8 cm³/mol. The maximum absolute atomic E-state index is 10.6. The first-order valence-corrected chi connectivity index (χ1v) is 2.70. The van der Waals surface area contributed by atoms with Crippen LogP contribution in [-0.2, 0) is 9.53 Å². The van der Waals surface area contributed by atoms with Crippen LogP contribution >= 0.6 is 0 Å². The Morgan fingerprint density at radius 1 is 1.78 bits per heavy atom. The van der Waals surface area contributed by atoms with Gasteiger partial charge in [0.05, 0.1) is 13.2 Å². The van der Waals surface area contributed by atoms with Crippen LogP contribution in [0.2, 0.25) is 0 Å². The van der Waals surface area contributed by atoms with Crippen molar-refractivity contribution in [3.63, 3.8) is 0 Å². The largest absolute Gasteiger partial charge is 0.393 e. The number of ketones is 1. The normalized spacial score (nSPS) is 35.6. The molecule has 9 heavy (non-hydrogen) atoms. The number of hydrogen-bond acceptors (Lipinski definition) is 4. The van der Waals surface area contributed by atoms with E-state index in [0.717, 1.165) is 0 Å². The SMILES string of the molecule is O=C1[C@@H](O)CO[C@@H]1CO. The van der Waals surface area contributed by atoms with Gasteiger partial charge in [0.2, 0.25) is 0 Å². The van der Waals surface area contributed by atoms with Crippen molar-refractivity contribution in [1.29, 1.82) is 0 Å². The molecule has 4 heteroatoms. The summed E-state index contributed by atoms with van der Waals surface area (Å²) in [5, 5.41) is 17.1. The Labute approximate surface area is 52.1 Å². The molecule has 0 aromatic carbocycles. The molecule has 0 unspecified atom stereocenters. The Kier molecular flexibility index (Phi) is 1.80. The lowest BCUT2D eigenvalue weighted by Crippen LogP contribution is -2.26. The van der Waals surface area contributed by atoms with E-state index in [-0.39, 0.29) is 13.2 Å². The zero-order chi connectivity index (χ0) is 6.85. The second-order valence-corrected chi connectivity index (χ2v) is 1.92. The molecular formula is C5H8O4. The zero-order valence-electron chi connectivity index (χ0n) is 4.78. The summed E-state index contributed by atoms with van der Waals surface area (Å²) in [5.41, 5.74) is 0. The molecule has 1 aliphatic heterocycles. The standard InChI is InChI=1S/C5H8O4/c6-1-4-5(8)3(7)2-9-4/h3-4,6-7H,1-2H2/t3-,4+/m0/s1. The summed E-state index contributed by atoms with van der Waals surface area (Å²) in [5.74, 6) is -0.419. The topological polar surface area (TPSA) is 66.8 Å². The summed E-state index contributed by atoms with van der Waals surface area (Å²) < 4.78 is 4.68. The molecule has 52 valence electrons. The molecule has 1 aliphatic rings. The highest BCUT2D eigenvalue weighted by Gasteiger charge is 2.32. The third-order valence-corrected chi connectivity index (χ3v) is 1.27. The van der Waals surface area contributed by atoms with Gasteiger partial charge in [-0.15, -0.1) is 0 Å². The molecule has 4 nitrogen and oxygen atoms in total. The number of carbonyl (C=O) groups is 1. The molecule has 2 atom stereocenters. The molecule has 1 rings (SSSR count). The van der Waals surface area contributed by atoms with E-state index in [1.165, 1.54) is 0 Å². The minimum Gasteiger partial charge on any atom is -0.393 e. The van der Waals surface area contributed by atoms with E-state index in [9.17, 15) is 4.79 Å². The van der Waals surface area contributed by atoms with Crippen molar-refractivity contribution in [3.8, 4) is 0 Å². The molecule has 1 heterocycles. The Balaban J connectivity index is 2.51. The van der Waals surface area contributed by atoms with E-state index in [1.54, 1.807) is 0 Å². The van der Waals surface area contributed by atoms with Gasteiger partial charge in [0.1, 0.15) is 12.2 Å². The van der Waals surface area contributed by atoms with Crippen molar-refractivity contribution in [2.75, 3.05) is 13.2 Å². The van der Waals surface area contributed by atoms with Crippen LogP contribution in [0.25, 0.3) is 0 Å². The Hall–Kier alpha value is -0.450. The second-order valence-electron chi connectivity index (χ2n) is 1.92. The summed E-state index contributed by atoms with van der Waals surface area (Å²) in [4.78, 5) is 10.6. The number of hydrogen-bond donors (Lipinski definition) is 2. The van der Waals surface area contributed by atoms with Crippen LogP contribution in [0.1, 0.15) is 0 Å². The monoisotopic (exact) mass is 132 g/mol. The first-order valence-electron chi connectivity index (χ1n) is 2.70. The Bertz CT molecular complexity index is 122. The first kappa shape index (κ1) is 6.67. The average Bonchev–Trinajstić information content (AvgIpc) is 2.15. The highest BCUT2D eigenvalue weighted by Crippen LogP contribution is 2.07. The molecule has 0 aliphatic carbocycles. The van der Waals surface area contributed by atoms with E-state index in [2.05, 4.69) is 4.74 Å². The number of aliphatic hydroxyl groups is 2. The van der Waals surface area contributed by atoms with Crippen molar-refractivity contribution in [2.24, 2.45) is 0 Å². The van der Waals surface area contributed by atoms with Crippen LogP contribution in [0, 0.1) is 0 Å². The highest BCUT2D eigenvalue weighted by molar-refractivity contribution is 5.88. The summed E-state index contributed by atoms with van der Waals surface area (Å²) in [6.45, 7) is -0.319. The molecule has 1 saturated heterocycles. The van der Waals surface area contributed by atoms with Gasteiger partial charge in [0.25, 0.3) is 0 Å². The fourth-order valence-corrected chi connectivity index (χ4v) is 0.729. The van der Waals surface area contributed by atoms with Crippen molar-refractivity contribution >= 4 is 5.78 Å². The minimum absolute atomic E-state index is 0.0179. The molecule has 0 aromatic heterocycles. The van der Waals surface area contributed by atoms with E-state index in [0.29, 0.717) is 0 Å². The molecule has 0 radical (unpaired) electrons. The van der Waals surface area contributed by atoms with E-state index in [1.807, 2.05) is 0 Å². The van der Waals surface area contributed by atoms with Gasteiger partial charge in [-0.1, -0.05) is 0 Å². The van der Waals surface area contributed by atoms with Crippen LogP contribution < -0.4 is 0 Å². The van der Waals surface area contributed by atoms with Crippen LogP contribution in [0.3, 0.4) is 0 Å². The molecular weight excluding hydrogens is 124 g/mol. The van der Waals surface area contributed by atoms with E-state index in [4.69, 9.17) is 10.2 Å². The lowest BCUT2D eigenvalue weighted by atomic mass is 10.2. The van der Waals surface area contributed by atoms with E-state index < -0.39 is 18.0 Å². The highest BCUT2D eigenvalue weighted by atomic mass is 16.5. The zero-order valence-corrected chi connectivity index (χ0v) is 4.78. The van der Waals surface area contributed by atoms with Crippen molar-refractivity contribution in [2.45, 2.75) is 12.2 Å². The van der Waals surface area contributed by atoms with Gasteiger partial charge in [-0.3, -0.25) is 4.79 Å². The number of carbonyl (C=O) groups excluding carboxylic acids is 1. The summed E-state index contributed by atoms with van der Waals surface area (Å²) in [6, 6.07) is 0. The first-order chi connectivity index (χ1) is 4.25. The Morgan fingerprint density at radius 3 is 2.67 bits per heavy atom. The van der Waals surface area contributed by atoms with Gasteiger partial charge in [-0.2, -0.15) is 0 Å². The number of aliphatic hydroxyl groups excluding tert-OH is 2. The lowest BCUT2D eigenvalue weighted by molar-refractivity contribution is -0.128. The van der Waals surface area contributed by atoms with Gasteiger partial charge >= 0.3 is 0 Å². The fraction of sp³-hybridized carbons (Fsp3) is 0.800. The van der Waals surface area contributed by atoms with Gasteiger partial charge in [0, 0.05) is 0 Å². The van der Waals surface area contributed by atoms with Crippen LogP contribution in [0.15, 0.2) is 0 Å². The molecule has 0 bridgehead atoms. The fourth-order valence-electron chi connectivity index (χ4n) is 0.729. The molecule has 0 aromatic rings. The number of Topliss-reactive ketones (excluding diaryl/α,β-unsaturated/α-hetero) is 1. The quantitative estimate of drug-likeness (QED) is 0.446. The molecule has 1 fully saturated rings. The lowest BCUT2D eigenvalue weighted by Gasteiger charge is -1.99. The summed E-state index contributed by atoms with van der Waals surface area (Å²) >= 11 is 0. The van der Waals surface area contributed by atoms with Crippen molar-refractivity contribution < 1.29 is 19.7 Å². The summed E-state index contributed by atoms with van der Waals surface area (Å²) in [6.07, 6.45) is -1.82. The number of ether oxygens (including phenoxy) is 1. The van der Waals surface area contributed by atoms with Gasteiger partial charge in [-0.05, 0) is 0 Å². The third-order valence-electron chi connectivity index (χ3n) is 1.27. The van der Waals surface area contributed by atoms with Crippen molar-refractivity contribution in [1.82, 2.24) is 0 Å². The molecule has 0 amide bonds. The van der Waals surface area contributed by atoms with E-state index >= 15 is 0 Å². The summed E-state index contributed by atoms with van der Waals surface area (Å²) in [7, 11) is 0. The van der Waals surface area contributed by atoms with Gasteiger partial charge < -0.3 is 14.9 Å². The van der Waals surface area contributed by atoms with Crippen molar-refractivity contribution in [3.05, 3.63) is 0 Å². The molecule has 0 saturated carbocycles. The maximum Gasteiger partial charge on any atom is 0.194 e. The Morgan fingerprint density at radius 2 is 2.44 bits per heavy atom. The molecule has 2 N–H and O–H groups in total. The second kappa shape index (κ2) is 2.43. The predicted octanol–water partition coefficient (Wildman–Crippen LogP) is -1.69. The molecule has 0 spiro atoms.